The van der Waals surface area contributed by atoms with Crippen LogP contribution in [0.5, 0.6) is 17.2 Å². The zero-order chi connectivity index (χ0) is 21.3. The van der Waals surface area contributed by atoms with Crippen molar-refractivity contribution in [3.8, 4) is 17.2 Å². The lowest BCUT2D eigenvalue weighted by Crippen LogP contribution is -2.42. The molecule has 30 heavy (non-hydrogen) atoms. The molecule has 2 heterocycles. The maximum absolute atomic E-state index is 5.70. The zero-order valence-corrected chi connectivity index (χ0v) is 18.2. The van der Waals surface area contributed by atoms with Crippen LogP contribution in [-0.4, -0.2) is 58.9 Å². The molecule has 0 saturated carbocycles. The third kappa shape index (κ3) is 4.99. The number of furan rings is 1. The Bertz CT molecular complexity index is 817. The summed E-state index contributed by atoms with van der Waals surface area (Å²) < 4.78 is 22.1. The van der Waals surface area contributed by atoms with Gasteiger partial charge in [-0.2, -0.15) is 0 Å². The summed E-state index contributed by atoms with van der Waals surface area (Å²) in [6, 6.07) is 7.98. The summed E-state index contributed by atoms with van der Waals surface area (Å²) >= 11 is 0. The molecule has 0 amide bonds. The van der Waals surface area contributed by atoms with Crippen LogP contribution >= 0.6 is 0 Å². The zero-order valence-electron chi connectivity index (χ0n) is 18.2. The molecule has 1 aromatic heterocycles. The monoisotopic (exact) mass is 416 g/mol. The standard InChI is InChI=1S/C22H32N4O4/c1-23-22(24-14-16-9-10-19(27-2)21(29-4)20(16)28-3)25-15-17(18-8-7-13-30-18)26-11-5-6-12-26/h7-10,13,17H,5-6,11-12,14-15H2,1-4H3,(H2,23,24,25). The smallest absolute Gasteiger partial charge is 0.203 e. The van der Waals surface area contributed by atoms with Gasteiger partial charge in [-0.1, -0.05) is 0 Å². The third-order valence-electron chi connectivity index (χ3n) is 5.37. The molecule has 0 aliphatic carbocycles. The Kier molecular flexibility index (Phi) is 7.84. The molecular formula is C22H32N4O4. The normalized spacial score (nSPS) is 15.7. The average Bonchev–Trinajstić information content (AvgIpc) is 3.50. The number of ether oxygens (including phenoxy) is 3. The number of benzene rings is 1. The second kappa shape index (κ2) is 10.8. The molecule has 2 N–H and O–H groups in total. The van der Waals surface area contributed by atoms with Crippen molar-refractivity contribution >= 4 is 5.96 Å². The van der Waals surface area contributed by atoms with E-state index in [0.29, 0.717) is 36.3 Å². The molecule has 0 bridgehead atoms. The lowest BCUT2D eigenvalue weighted by molar-refractivity contribution is 0.215. The molecule has 1 unspecified atom stereocenters. The molecule has 1 atom stereocenters. The van der Waals surface area contributed by atoms with E-state index in [1.165, 1.54) is 12.8 Å². The fraction of sp³-hybridized carbons (Fsp3) is 0.500. The van der Waals surface area contributed by atoms with Gasteiger partial charge in [0.1, 0.15) is 5.76 Å². The van der Waals surface area contributed by atoms with Crippen LogP contribution in [0.25, 0.3) is 0 Å². The average molecular weight is 417 g/mol. The Morgan fingerprint density at radius 1 is 1.07 bits per heavy atom. The van der Waals surface area contributed by atoms with Crippen molar-refractivity contribution in [2.24, 2.45) is 4.99 Å². The molecule has 1 aromatic carbocycles. The van der Waals surface area contributed by atoms with E-state index in [-0.39, 0.29) is 6.04 Å². The van der Waals surface area contributed by atoms with Crippen LogP contribution in [0, 0.1) is 0 Å². The molecule has 1 aliphatic heterocycles. The number of methoxy groups -OCH3 is 3. The number of hydrogen-bond donors (Lipinski definition) is 2. The number of hydrogen-bond acceptors (Lipinski definition) is 6. The van der Waals surface area contributed by atoms with E-state index in [4.69, 9.17) is 18.6 Å². The maximum Gasteiger partial charge on any atom is 0.203 e. The first-order valence-corrected chi connectivity index (χ1v) is 10.2. The molecular weight excluding hydrogens is 384 g/mol. The number of likely N-dealkylation sites (tertiary alicyclic amines) is 1. The molecule has 1 aliphatic rings. The first kappa shape index (κ1) is 21.8. The molecule has 2 aromatic rings. The number of nitrogens with one attached hydrogen (secondary N) is 2. The number of guanidine groups is 1. The van der Waals surface area contributed by atoms with Crippen LogP contribution in [0.1, 0.15) is 30.2 Å². The highest BCUT2D eigenvalue weighted by Gasteiger charge is 2.25. The topological polar surface area (TPSA) is 80.5 Å². The SMILES string of the molecule is CN=C(NCc1ccc(OC)c(OC)c1OC)NCC(c1ccco1)N1CCCC1. The largest absolute Gasteiger partial charge is 0.493 e. The summed E-state index contributed by atoms with van der Waals surface area (Å²) in [4.78, 5) is 6.82. The summed E-state index contributed by atoms with van der Waals surface area (Å²) in [6.07, 6.45) is 4.18. The lowest BCUT2D eigenvalue weighted by atomic mass is 10.1. The van der Waals surface area contributed by atoms with Crippen LogP contribution in [0.15, 0.2) is 39.9 Å². The van der Waals surface area contributed by atoms with Gasteiger partial charge in [-0.25, -0.2) is 0 Å². The third-order valence-corrected chi connectivity index (χ3v) is 5.37. The van der Waals surface area contributed by atoms with Crippen molar-refractivity contribution in [3.63, 3.8) is 0 Å². The van der Waals surface area contributed by atoms with Crippen molar-refractivity contribution in [2.45, 2.75) is 25.4 Å². The Hall–Kier alpha value is -2.87. The van der Waals surface area contributed by atoms with Gasteiger partial charge < -0.3 is 29.3 Å². The fourth-order valence-corrected chi connectivity index (χ4v) is 3.84. The molecule has 0 radical (unpaired) electrons. The highest BCUT2D eigenvalue weighted by molar-refractivity contribution is 5.79. The van der Waals surface area contributed by atoms with Crippen LogP contribution < -0.4 is 24.8 Å². The van der Waals surface area contributed by atoms with Crippen LogP contribution in [0.3, 0.4) is 0 Å². The molecule has 8 nitrogen and oxygen atoms in total. The van der Waals surface area contributed by atoms with Crippen LogP contribution in [0.4, 0.5) is 0 Å². The van der Waals surface area contributed by atoms with Gasteiger partial charge in [-0.3, -0.25) is 9.89 Å². The fourth-order valence-electron chi connectivity index (χ4n) is 3.84. The van der Waals surface area contributed by atoms with Gasteiger partial charge in [0.05, 0.1) is 33.6 Å². The van der Waals surface area contributed by atoms with E-state index < -0.39 is 0 Å². The van der Waals surface area contributed by atoms with Gasteiger partial charge in [0.15, 0.2) is 17.5 Å². The van der Waals surface area contributed by atoms with Crippen molar-refractivity contribution in [2.75, 3.05) is 48.0 Å². The summed E-state index contributed by atoms with van der Waals surface area (Å²) in [7, 11) is 6.60. The second-order valence-corrected chi connectivity index (χ2v) is 7.07. The predicted molar refractivity (Wildman–Crippen MR) is 117 cm³/mol. The highest BCUT2D eigenvalue weighted by Crippen LogP contribution is 2.39. The molecule has 164 valence electrons. The minimum absolute atomic E-state index is 0.177. The Morgan fingerprint density at radius 2 is 1.83 bits per heavy atom. The van der Waals surface area contributed by atoms with Crippen molar-refractivity contribution in [1.29, 1.82) is 0 Å². The van der Waals surface area contributed by atoms with E-state index >= 15 is 0 Å². The van der Waals surface area contributed by atoms with E-state index in [1.54, 1.807) is 34.6 Å². The van der Waals surface area contributed by atoms with E-state index in [2.05, 4.69) is 20.5 Å². The molecule has 1 saturated heterocycles. The second-order valence-electron chi connectivity index (χ2n) is 7.07. The van der Waals surface area contributed by atoms with E-state index in [9.17, 15) is 0 Å². The predicted octanol–water partition coefficient (Wildman–Crippen LogP) is 2.81. The lowest BCUT2D eigenvalue weighted by Gasteiger charge is -2.26. The van der Waals surface area contributed by atoms with Gasteiger partial charge in [-0.05, 0) is 50.2 Å². The van der Waals surface area contributed by atoms with Crippen molar-refractivity contribution in [1.82, 2.24) is 15.5 Å². The summed E-state index contributed by atoms with van der Waals surface area (Å²) in [6.45, 7) is 3.40. The number of aliphatic imine (C=N–C) groups is 1. The first-order valence-electron chi connectivity index (χ1n) is 10.2. The number of rotatable bonds is 9. The quantitative estimate of drug-likeness (QED) is 0.481. The van der Waals surface area contributed by atoms with Crippen molar-refractivity contribution < 1.29 is 18.6 Å². The minimum atomic E-state index is 0.177. The van der Waals surface area contributed by atoms with E-state index in [0.717, 1.165) is 24.4 Å². The van der Waals surface area contributed by atoms with E-state index in [1.807, 2.05) is 24.3 Å². The summed E-state index contributed by atoms with van der Waals surface area (Å²) in [5.74, 6) is 3.54. The minimum Gasteiger partial charge on any atom is -0.493 e. The Morgan fingerprint density at radius 3 is 2.43 bits per heavy atom. The Balaban J connectivity index is 1.65. The van der Waals surface area contributed by atoms with Gasteiger partial charge in [-0.15, -0.1) is 0 Å². The van der Waals surface area contributed by atoms with Gasteiger partial charge in [0.2, 0.25) is 5.75 Å². The van der Waals surface area contributed by atoms with Gasteiger partial charge in [0.25, 0.3) is 0 Å². The van der Waals surface area contributed by atoms with Crippen LogP contribution in [0.2, 0.25) is 0 Å². The molecule has 0 spiro atoms. The first-order chi connectivity index (χ1) is 14.7. The summed E-state index contributed by atoms with van der Waals surface area (Å²) in [5.41, 5.74) is 0.945. The summed E-state index contributed by atoms with van der Waals surface area (Å²) in [5, 5.41) is 6.79. The molecule has 8 heteroatoms. The van der Waals surface area contributed by atoms with Gasteiger partial charge >= 0.3 is 0 Å². The van der Waals surface area contributed by atoms with Crippen molar-refractivity contribution in [3.05, 3.63) is 41.9 Å². The molecule has 1 fully saturated rings. The Labute approximate surface area is 178 Å². The highest BCUT2D eigenvalue weighted by atomic mass is 16.5. The molecule has 3 rings (SSSR count). The van der Waals surface area contributed by atoms with Crippen LogP contribution in [-0.2, 0) is 6.54 Å². The number of nitrogens with zero attached hydrogens (tertiary/aromatic N) is 2. The maximum atomic E-state index is 5.70. The van der Waals surface area contributed by atoms with Gasteiger partial charge in [0, 0.05) is 25.7 Å².